The van der Waals surface area contributed by atoms with Crippen molar-refractivity contribution in [2.45, 2.75) is 31.8 Å². The van der Waals surface area contributed by atoms with Gasteiger partial charge in [0.05, 0.1) is 11.7 Å². The van der Waals surface area contributed by atoms with Gasteiger partial charge < -0.3 is 15.3 Å². The Bertz CT molecular complexity index is 499. The molecule has 1 aromatic carbocycles. The van der Waals surface area contributed by atoms with Gasteiger partial charge in [-0.1, -0.05) is 12.8 Å². The molecule has 4 nitrogen and oxygen atoms in total. The fourth-order valence-corrected chi connectivity index (χ4v) is 2.77. The van der Waals surface area contributed by atoms with E-state index in [1.165, 1.54) is 12.1 Å². The number of amides is 1. The van der Waals surface area contributed by atoms with Crippen molar-refractivity contribution in [1.82, 2.24) is 5.32 Å². The zero-order chi connectivity index (χ0) is 15.4. The number of carbonyl (C=O) groups excluding carboxylic acids is 1. The van der Waals surface area contributed by atoms with E-state index in [0.29, 0.717) is 5.69 Å². The summed E-state index contributed by atoms with van der Waals surface area (Å²) in [5.74, 6) is -0.768. The van der Waals surface area contributed by atoms with Crippen molar-refractivity contribution in [1.29, 1.82) is 0 Å². The summed E-state index contributed by atoms with van der Waals surface area (Å²) in [7, 11) is 3.62. The van der Waals surface area contributed by atoms with E-state index in [9.17, 15) is 14.3 Å². The molecule has 0 saturated heterocycles. The summed E-state index contributed by atoms with van der Waals surface area (Å²) in [6.07, 6.45) is 3.74. The SMILES string of the molecule is CN(C)c1ccc(C(=O)NCC(O)C2CCCC2)c(F)c1. The average Bonchev–Trinajstić information content (AvgIpc) is 2.98. The maximum Gasteiger partial charge on any atom is 0.254 e. The summed E-state index contributed by atoms with van der Waals surface area (Å²) in [5, 5.41) is 12.6. The molecule has 1 amide bonds. The topological polar surface area (TPSA) is 52.6 Å². The van der Waals surface area contributed by atoms with Gasteiger partial charge >= 0.3 is 0 Å². The van der Waals surface area contributed by atoms with Crippen LogP contribution in [0.1, 0.15) is 36.0 Å². The number of aliphatic hydroxyl groups is 1. The van der Waals surface area contributed by atoms with Crippen molar-refractivity contribution < 1.29 is 14.3 Å². The molecular formula is C16H23FN2O2. The van der Waals surface area contributed by atoms with Gasteiger partial charge in [0.1, 0.15) is 5.82 Å². The number of benzene rings is 1. The Kier molecular flexibility index (Phi) is 5.17. The maximum absolute atomic E-state index is 13.9. The number of nitrogens with zero attached hydrogens (tertiary/aromatic N) is 1. The Morgan fingerprint density at radius 3 is 2.67 bits per heavy atom. The van der Waals surface area contributed by atoms with E-state index < -0.39 is 17.8 Å². The predicted octanol–water partition coefficient (Wildman–Crippen LogP) is 2.17. The molecule has 1 unspecified atom stereocenters. The lowest BCUT2D eigenvalue weighted by molar-refractivity contribution is 0.0837. The molecule has 2 rings (SSSR count). The highest BCUT2D eigenvalue weighted by Crippen LogP contribution is 2.27. The van der Waals surface area contributed by atoms with Crippen LogP contribution >= 0.6 is 0 Å². The molecule has 0 spiro atoms. The van der Waals surface area contributed by atoms with Crippen LogP contribution in [0, 0.1) is 11.7 Å². The summed E-state index contributed by atoms with van der Waals surface area (Å²) >= 11 is 0. The molecule has 1 saturated carbocycles. The van der Waals surface area contributed by atoms with Crippen LogP contribution in [0.5, 0.6) is 0 Å². The minimum absolute atomic E-state index is 0.0132. The molecule has 2 N–H and O–H groups in total. The first kappa shape index (κ1) is 15.8. The van der Waals surface area contributed by atoms with Gasteiger partial charge in [0.25, 0.3) is 5.91 Å². The molecular weight excluding hydrogens is 271 g/mol. The maximum atomic E-state index is 13.9. The van der Waals surface area contributed by atoms with E-state index in [2.05, 4.69) is 5.32 Å². The summed E-state index contributed by atoms with van der Waals surface area (Å²) in [6, 6.07) is 4.51. The third-order valence-corrected chi connectivity index (χ3v) is 4.13. The molecule has 1 atom stereocenters. The molecule has 1 fully saturated rings. The van der Waals surface area contributed by atoms with E-state index >= 15 is 0 Å². The average molecular weight is 294 g/mol. The summed E-state index contributed by atoms with van der Waals surface area (Å²) < 4.78 is 13.9. The van der Waals surface area contributed by atoms with Gasteiger partial charge in [0, 0.05) is 26.3 Å². The van der Waals surface area contributed by atoms with Crippen LogP contribution in [-0.2, 0) is 0 Å². The van der Waals surface area contributed by atoms with Crippen molar-refractivity contribution >= 4 is 11.6 Å². The second kappa shape index (κ2) is 6.89. The number of carbonyl (C=O) groups is 1. The van der Waals surface area contributed by atoms with Crippen LogP contribution in [-0.4, -0.2) is 37.8 Å². The molecule has 116 valence electrons. The third kappa shape index (κ3) is 3.94. The molecule has 21 heavy (non-hydrogen) atoms. The molecule has 5 heteroatoms. The highest BCUT2D eigenvalue weighted by atomic mass is 19.1. The molecule has 1 aromatic rings. The van der Waals surface area contributed by atoms with E-state index in [-0.39, 0.29) is 18.0 Å². The standard InChI is InChI=1S/C16H23FN2O2/c1-19(2)12-7-8-13(14(17)9-12)16(21)18-10-15(20)11-5-3-4-6-11/h7-9,11,15,20H,3-6,10H2,1-2H3,(H,18,21). The smallest absolute Gasteiger partial charge is 0.254 e. The number of halogens is 1. The summed E-state index contributed by atoms with van der Waals surface area (Å²) in [4.78, 5) is 13.8. The molecule has 0 radical (unpaired) electrons. The van der Waals surface area contributed by atoms with Crippen LogP contribution in [0.2, 0.25) is 0 Å². The lowest BCUT2D eigenvalue weighted by Gasteiger charge is -2.18. The third-order valence-electron chi connectivity index (χ3n) is 4.13. The largest absolute Gasteiger partial charge is 0.391 e. The Labute approximate surface area is 125 Å². The van der Waals surface area contributed by atoms with Crippen LogP contribution in [0.25, 0.3) is 0 Å². The van der Waals surface area contributed by atoms with Gasteiger partial charge in [-0.25, -0.2) is 4.39 Å². The molecule has 0 bridgehead atoms. The second-order valence-corrected chi connectivity index (χ2v) is 5.88. The number of rotatable bonds is 5. The quantitative estimate of drug-likeness (QED) is 0.875. The Morgan fingerprint density at radius 1 is 1.43 bits per heavy atom. The fraction of sp³-hybridized carbons (Fsp3) is 0.562. The van der Waals surface area contributed by atoms with Crippen molar-refractivity contribution in [2.24, 2.45) is 5.92 Å². The Balaban J connectivity index is 1.93. The Morgan fingerprint density at radius 2 is 2.10 bits per heavy atom. The minimum atomic E-state index is -0.547. The van der Waals surface area contributed by atoms with Gasteiger partial charge in [0.2, 0.25) is 0 Å². The van der Waals surface area contributed by atoms with Gasteiger partial charge in [-0.2, -0.15) is 0 Å². The summed E-state index contributed by atoms with van der Waals surface area (Å²) in [5.41, 5.74) is 0.717. The van der Waals surface area contributed by atoms with E-state index in [1.54, 1.807) is 11.0 Å². The lowest BCUT2D eigenvalue weighted by atomic mass is 10.0. The van der Waals surface area contributed by atoms with E-state index in [4.69, 9.17) is 0 Å². The van der Waals surface area contributed by atoms with Gasteiger partial charge in [-0.3, -0.25) is 4.79 Å². The molecule has 0 aromatic heterocycles. The van der Waals surface area contributed by atoms with Gasteiger partial charge in [0.15, 0.2) is 0 Å². The predicted molar refractivity (Wildman–Crippen MR) is 81.0 cm³/mol. The molecule has 0 heterocycles. The molecule has 1 aliphatic rings. The molecule has 1 aliphatic carbocycles. The fourth-order valence-electron chi connectivity index (χ4n) is 2.77. The van der Waals surface area contributed by atoms with Crippen LogP contribution < -0.4 is 10.2 Å². The normalized spacial score (nSPS) is 16.8. The van der Waals surface area contributed by atoms with Gasteiger partial charge in [-0.15, -0.1) is 0 Å². The van der Waals surface area contributed by atoms with Gasteiger partial charge in [-0.05, 0) is 37.0 Å². The number of aliphatic hydroxyl groups excluding tert-OH is 1. The van der Waals surface area contributed by atoms with Crippen LogP contribution in [0.4, 0.5) is 10.1 Å². The van der Waals surface area contributed by atoms with E-state index in [0.717, 1.165) is 25.7 Å². The second-order valence-electron chi connectivity index (χ2n) is 5.88. The zero-order valence-corrected chi connectivity index (χ0v) is 12.6. The van der Waals surface area contributed by atoms with E-state index in [1.807, 2.05) is 14.1 Å². The number of hydrogen-bond donors (Lipinski definition) is 2. The van der Waals surface area contributed by atoms with Crippen molar-refractivity contribution in [3.05, 3.63) is 29.6 Å². The number of anilines is 1. The van der Waals surface area contributed by atoms with Crippen molar-refractivity contribution in [2.75, 3.05) is 25.5 Å². The zero-order valence-electron chi connectivity index (χ0n) is 12.6. The summed E-state index contributed by atoms with van der Waals surface area (Å²) in [6.45, 7) is 0.179. The van der Waals surface area contributed by atoms with Crippen LogP contribution in [0.3, 0.4) is 0 Å². The lowest BCUT2D eigenvalue weighted by Crippen LogP contribution is -2.36. The highest BCUT2D eigenvalue weighted by molar-refractivity contribution is 5.94. The minimum Gasteiger partial charge on any atom is -0.391 e. The molecule has 0 aliphatic heterocycles. The Hall–Kier alpha value is -1.62. The first-order valence-corrected chi connectivity index (χ1v) is 7.42. The number of hydrogen-bond acceptors (Lipinski definition) is 3. The highest BCUT2D eigenvalue weighted by Gasteiger charge is 2.24. The first-order chi connectivity index (χ1) is 9.99. The first-order valence-electron chi connectivity index (χ1n) is 7.42. The monoisotopic (exact) mass is 294 g/mol. The number of nitrogens with one attached hydrogen (secondary N) is 1. The van der Waals surface area contributed by atoms with Crippen LogP contribution in [0.15, 0.2) is 18.2 Å². The van der Waals surface area contributed by atoms with Crippen molar-refractivity contribution in [3.8, 4) is 0 Å². The van der Waals surface area contributed by atoms with Crippen molar-refractivity contribution in [3.63, 3.8) is 0 Å².